The Morgan fingerprint density at radius 2 is 0.824 bits per heavy atom. The second-order valence-electron chi connectivity index (χ2n) is 3.94. The van der Waals surface area contributed by atoms with Crippen LogP contribution in [0.1, 0.15) is 0 Å². The molecule has 0 aliphatic carbocycles. The molecule has 3 heteroatoms. The molecule has 12 radical (unpaired) electrons. The average molecular weight is 234 g/mol. The Balaban J connectivity index is 3.15. The van der Waals surface area contributed by atoms with Crippen molar-refractivity contribution in [3.63, 3.8) is 0 Å². The minimum absolute atomic E-state index is 0.0584. The second kappa shape index (κ2) is 8.06. The van der Waals surface area contributed by atoms with Crippen molar-refractivity contribution in [3.05, 3.63) is 41.5 Å². The molecule has 0 bridgehead atoms. The van der Waals surface area contributed by atoms with Gasteiger partial charge in [-0.3, -0.25) is 0 Å². The van der Waals surface area contributed by atoms with Gasteiger partial charge in [-0.05, 0) is 41.5 Å². The zero-order valence-electron chi connectivity index (χ0n) is 9.93. The molecule has 0 atom stereocenters. The summed E-state index contributed by atoms with van der Waals surface area (Å²) >= 11 is 0. The standard InChI is InChI=1S/C14H18O3/c1-13(2,3)11-16-9-7-15-8-10-17-12-14(4,5)6/h1-6H,7-12H2. The molecule has 0 amide bonds. The van der Waals surface area contributed by atoms with Crippen LogP contribution in [0.3, 0.4) is 0 Å². The van der Waals surface area contributed by atoms with E-state index in [9.17, 15) is 0 Å². The molecule has 0 spiro atoms. The van der Waals surface area contributed by atoms with Gasteiger partial charge in [-0.15, -0.1) is 0 Å². The Labute approximate surface area is 107 Å². The Morgan fingerprint density at radius 3 is 1.12 bits per heavy atom. The van der Waals surface area contributed by atoms with Crippen molar-refractivity contribution in [3.8, 4) is 0 Å². The van der Waals surface area contributed by atoms with Crippen LogP contribution in [0.5, 0.6) is 0 Å². The Kier molecular flexibility index (Phi) is 8.01. The van der Waals surface area contributed by atoms with Crippen LogP contribution in [0.15, 0.2) is 0 Å². The van der Waals surface area contributed by atoms with Crippen molar-refractivity contribution in [2.75, 3.05) is 39.6 Å². The lowest BCUT2D eigenvalue weighted by atomic mass is 9.99. The second-order valence-corrected chi connectivity index (χ2v) is 3.94. The van der Waals surface area contributed by atoms with E-state index < -0.39 is 10.8 Å². The summed E-state index contributed by atoms with van der Waals surface area (Å²) in [6.07, 6.45) is 0. The molecule has 0 saturated heterocycles. The molecule has 0 saturated carbocycles. The van der Waals surface area contributed by atoms with Crippen molar-refractivity contribution >= 4 is 0 Å². The predicted molar refractivity (Wildman–Crippen MR) is 63.1 cm³/mol. The van der Waals surface area contributed by atoms with Gasteiger partial charge in [0.25, 0.3) is 0 Å². The first-order chi connectivity index (χ1) is 7.71. The minimum atomic E-state index is -1.31. The zero-order chi connectivity index (χ0) is 13.4. The lowest BCUT2D eigenvalue weighted by Crippen LogP contribution is -2.19. The molecule has 3 nitrogen and oxygen atoms in total. The molecule has 0 aliphatic rings. The molecule has 0 aliphatic heterocycles. The van der Waals surface area contributed by atoms with E-state index in [1.165, 1.54) is 0 Å². The summed E-state index contributed by atoms with van der Waals surface area (Å²) in [5.41, 5.74) is -2.62. The van der Waals surface area contributed by atoms with Gasteiger partial charge in [0, 0.05) is 10.8 Å². The summed E-state index contributed by atoms with van der Waals surface area (Å²) in [4.78, 5) is 0. The fraction of sp³-hybridized carbons (Fsp3) is 0.571. The quantitative estimate of drug-likeness (QED) is 0.533. The smallest absolute Gasteiger partial charge is 0.0701 e. The van der Waals surface area contributed by atoms with Crippen molar-refractivity contribution in [1.29, 1.82) is 0 Å². The first-order valence-electron chi connectivity index (χ1n) is 5.17. The van der Waals surface area contributed by atoms with E-state index in [4.69, 9.17) is 55.8 Å². The molecule has 0 fully saturated rings. The largest absolute Gasteiger partial charge is 0.378 e. The first kappa shape index (κ1) is 16.9. The van der Waals surface area contributed by atoms with Crippen LogP contribution in [-0.4, -0.2) is 39.6 Å². The fourth-order valence-corrected chi connectivity index (χ4v) is 0.836. The van der Waals surface area contributed by atoms with Crippen molar-refractivity contribution < 1.29 is 14.2 Å². The molecule has 0 aromatic rings. The summed E-state index contributed by atoms with van der Waals surface area (Å²) in [6, 6.07) is 0. The molecule has 92 valence electrons. The van der Waals surface area contributed by atoms with Crippen LogP contribution in [0, 0.1) is 52.4 Å². The SMILES string of the molecule is [CH]C([CH])([CH])COCCOCCOCC([CH])([CH])[CH]. The van der Waals surface area contributed by atoms with E-state index in [1.807, 2.05) is 0 Å². The number of hydrogen-bond donors (Lipinski definition) is 0. The van der Waals surface area contributed by atoms with Crippen molar-refractivity contribution in [1.82, 2.24) is 0 Å². The van der Waals surface area contributed by atoms with Crippen LogP contribution in [-0.2, 0) is 14.2 Å². The zero-order valence-corrected chi connectivity index (χ0v) is 9.93. The van der Waals surface area contributed by atoms with Gasteiger partial charge < -0.3 is 14.2 Å². The lowest BCUT2D eigenvalue weighted by Gasteiger charge is -2.17. The molecule has 0 N–H and O–H groups in total. The molecular formula is C14H18O3. The molecule has 0 rings (SSSR count). The highest BCUT2D eigenvalue weighted by Crippen LogP contribution is 2.11. The molecule has 17 heavy (non-hydrogen) atoms. The van der Waals surface area contributed by atoms with E-state index in [-0.39, 0.29) is 13.2 Å². The fourth-order valence-electron chi connectivity index (χ4n) is 0.836. The van der Waals surface area contributed by atoms with Crippen molar-refractivity contribution in [2.45, 2.75) is 0 Å². The van der Waals surface area contributed by atoms with E-state index in [1.54, 1.807) is 0 Å². The molecule has 0 aromatic heterocycles. The van der Waals surface area contributed by atoms with Crippen LogP contribution < -0.4 is 0 Å². The number of ether oxygens (including phenoxy) is 3. The predicted octanol–water partition coefficient (Wildman–Crippen LogP) is 1.28. The molecular weight excluding hydrogens is 216 g/mol. The van der Waals surface area contributed by atoms with Gasteiger partial charge in [0.15, 0.2) is 0 Å². The van der Waals surface area contributed by atoms with Crippen molar-refractivity contribution in [2.24, 2.45) is 10.8 Å². The molecule has 0 unspecified atom stereocenters. The van der Waals surface area contributed by atoms with Gasteiger partial charge in [-0.2, -0.15) is 0 Å². The van der Waals surface area contributed by atoms with Gasteiger partial charge >= 0.3 is 0 Å². The Morgan fingerprint density at radius 1 is 0.529 bits per heavy atom. The Hall–Kier alpha value is -0.120. The normalized spacial score (nSPS) is 13.1. The maximum atomic E-state index is 5.29. The lowest BCUT2D eigenvalue weighted by molar-refractivity contribution is 0.00136. The average Bonchev–Trinajstić information content (AvgIpc) is 2.11. The van der Waals surface area contributed by atoms with Crippen LogP contribution in [0.4, 0.5) is 0 Å². The van der Waals surface area contributed by atoms with E-state index in [0.717, 1.165) is 0 Å². The Bertz CT molecular complexity index is 157. The van der Waals surface area contributed by atoms with Crippen LogP contribution >= 0.6 is 0 Å². The number of hydrogen-bond acceptors (Lipinski definition) is 3. The van der Waals surface area contributed by atoms with Gasteiger partial charge in [-0.1, -0.05) is 0 Å². The highest BCUT2D eigenvalue weighted by Gasteiger charge is 2.11. The van der Waals surface area contributed by atoms with Gasteiger partial charge in [0.05, 0.1) is 39.6 Å². The topological polar surface area (TPSA) is 27.7 Å². The number of rotatable bonds is 10. The summed E-state index contributed by atoms with van der Waals surface area (Å²) in [5, 5.41) is 0. The third kappa shape index (κ3) is 15.9. The highest BCUT2D eigenvalue weighted by atomic mass is 16.5. The maximum Gasteiger partial charge on any atom is 0.0701 e. The van der Waals surface area contributed by atoms with E-state index >= 15 is 0 Å². The first-order valence-corrected chi connectivity index (χ1v) is 5.17. The van der Waals surface area contributed by atoms with Gasteiger partial charge in [0.2, 0.25) is 0 Å². The van der Waals surface area contributed by atoms with Gasteiger partial charge in [-0.25, -0.2) is 0 Å². The van der Waals surface area contributed by atoms with Crippen LogP contribution in [0.2, 0.25) is 0 Å². The molecule has 0 aromatic carbocycles. The summed E-state index contributed by atoms with van der Waals surface area (Å²) in [7, 11) is 0. The highest BCUT2D eigenvalue weighted by molar-refractivity contribution is 4.86. The maximum absolute atomic E-state index is 5.29. The van der Waals surface area contributed by atoms with Crippen LogP contribution in [0.25, 0.3) is 0 Å². The van der Waals surface area contributed by atoms with E-state index in [0.29, 0.717) is 26.4 Å². The molecule has 0 heterocycles. The third-order valence-corrected chi connectivity index (χ3v) is 1.45. The summed E-state index contributed by atoms with van der Waals surface area (Å²) in [6.45, 7) is 33.3. The monoisotopic (exact) mass is 234 g/mol. The summed E-state index contributed by atoms with van der Waals surface area (Å²) < 4.78 is 15.3. The van der Waals surface area contributed by atoms with E-state index in [2.05, 4.69) is 0 Å². The summed E-state index contributed by atoms with van der Waals surface area (Å²) in [5.74, 6) is 0. The third-order valence-electron chi connectivity index (χ3n) is 1.45. The minimum Gasteiger partial charge on any atom is -0.378 e. The van der Waals surface area contributed by atoms with Gasteiger partial charge in [0.1, 0.15) is 0 Å².